The Bertz CT molecular complexity index is 903. The number of anilines is 1. The highest BCUT2D eigenvalue weighted by molar-refractivity contribution is 8.00. The molecule has 1 aromatic heterocycles. The van der Waals surface area contributed by atoms with Gasteiger partial charge in [-0.2, -0.15) is 0 Å². The van der Waals surface area contributed by atoms with Gasteiger partial charge in [0.25, 0.3) is 0 Å². The Morgan fingerprint density at radius 3 is 2.76 bits per heavy atom. The number of hydrogen-bond acceptors (Lipinski definition) is 5. The van der Waals surface area contributed by atoms with Gasteiger partial charge in [0.2, 0.25) is 5.91 Å². The SMILES string of the molecule is O=C1CC[C@H](C[C@@H](C(=O)Nc2ncco2)c2ccc(SC3CC3)c(C3CC3)c2)C1. The second-order valence-electron chi connectivity index (χ2n) is 8.65. The minimum atomic E-state index is -0.296. The highest BCUT2D eigenvalue weighted by Gasteiger charge is 2.33. The highest BCUT2D eigenvalue weighted by atomic mass is 32.2. The number of benzene rings is 1. The summed E-state index contributed by atoms with van der Waals surface area (Å²) in [5.74, 6) is 0.829. The highest BCUT2D eigenvalue weighted by Crippen LogP contribution is 2.49. The smallest absolute Gasteiger partial charge is 0.301 e. The number of rotatable bonds is 8. The monoisotopic (exact) mass is 410 g/mol. The summed E-state index contributed by atoms with van der Waals surface area (Å²) in [6, 6.07) is 6.83. The van der Waals surface area contributed by atoms with Gasteiger partial charge in [-0.1, -0.05) is 12.1 Å². The first kappa shape index (κ1) is 18.9. The maximum Gasteiger partial charge on any atom is 0.301 e. The first-order valence-electron chi connectivity index (χ1n) is 10.7. The second-order valence-corrected chi connectivity index (χ2v) is 9.99. The van der Waals surface area contributed by atoms with Crippen molar-refractivity contribution in [1.82, 2.24) is 4.98 Å². The fourth-order valence-electron chi connectivity index (χ4n) is 4.27. The van der Waals surface area contributed by atoms with Crippen LogP contribution in [0, 0.1) is 5.92 Å². The van der Waals surface area contributed by atoms with E-state index in [0.717, 1.165) is 17.2 Å². The van der Waals surface area contributed by atoms with Crippen LogP contribution in [0.3, 0.4) is 0 Å². The molecule has 1 aromatic carbocycles. The predicted molar refractivity (Wildman–Crippen MR) is 112 cm³/mol. The summed E-state index contributed by atoms with van der Waals surface area (Å²) in [5.41, 5.74) is 2.46. The zero-order valence-corrected chi connectivity index (χ0v) is 17.2. The molecule has 5 nitrogen and oxygen atoms in total. The van der Waals surface area contributed by atoms with Gasteiger partial charge < -0.3 is 4.42 Å². The van der Waals surface area contributed by atoms with Crippen LogP contribution in [0.25, 0.3) is 0 Å². The molecule has 3 saturated carbocycles. The zero-order chi connectivity index (χ0) is 19.8. The zero-order valence-electron chi connectivity index (χ0n) is 16.4. The van der Waals surface area contributed by atoms with Gasteiger partial charge in [0.05, 0.1) is 12.1 Å². The van der Waals surface area contributed by atoms with E-state index in [9.17, 15) is 9.59 Å². The number of amides is 1. The molecular formula is C23H26N2O3S. The Hall–Kier alpha value is -2.08. The molecule has 0 bridgehead atoms. The standard InChI is InChI=1S/C23H26N2O3S/c26-17-5-1-14(11-17)12-20(22(27)25-23-24-9-10-28-23)16-4-8-21(29-18-6-7-18)19(13-16)15-2-3-15/h4,8-10,13-15,18,20H,1-3,5-7,11-12H2,(H,24,25,27)/t14-,20+/m0/s1. The van der Waals surface area contributed by atoms with E-state index in [-0.39, 0.29) is 23.8 Å². The average Bonchev–Trinajstić information content (AvgIpc) is 3.63. The van der Waals surface area contributed by atoms with E-state index in [4.69, 9.17) is 4.42 Å². The first-order chi connectivity index (χ1) is 14.2. The normalized spacial score (nSPS) is 22.6. The topological polar surface area (TPSA) is 72.2 Å². The van der Waals surface area contributed by atoms with Crippen molar-refractivity contribution >= 4 is 29.5 Å². The Balaban J connectivity index is 1.41. The second kappa shape index (κ2) is 7.98. The summed E-state index contributed by atoms with van der Waals surface area (Å²) >= 11 is 2.00. The van der Waals surface area contributed by atoms with Crippen molar-refractivity contribution in [3.05, 3.63) is 41.8 Å². The molecule has 1 heterocycles. The maximum absolute atomic E-state index is 13.1. The fraction of sp³-hybridized carbons (Fsp3) is 0.522. The molecule has 0 aliphatic heterocycles. The number of thioether (sulfide) groups is 1. The Morgan fingerprint density at radius 1 is 1.24 bits per heavy atom. The third-order valence-corrected chi connectivity index (χ3v) is 7.60. The molecule has 0 radical (unpaired) electrons. The molecule has 2 atom stereocenters. The van der Waals surface area contributed by atoms with Crippen LogP contribution in [0.15, 0.2) is 40.0 Å². The molecule has 6 heteroatoms. The lowest BCUT2D eigenvalue weighted by atomic mass is 9.86. The minimum Gasteiger partial charge on any atom is -0.432 e. The van der Waals surface area contributed by atoms with Crippen LogP contribution in [0.1, 0.15) is 74.3 Å². The van der Waals surface area contributed by atoms with Crippen LogP contribution >= 0.6 is 11.8 Å². The molecule has 5 rings (SSSR count). The van der Waals surface area contributed by atoms with E-state index < -0.39 is 0 Å². The van der Waals surface area contributed by atoms with Gasteiger partial charge in [-0.05, 0) is 67.6 Å². The molecule has 3 aliphatic rings. The maximum atomic E-state index is 13.1. The van der Waals surface area contributed by atoms with E-state index in [1.54, 1.807) is 0 Å². The van der Waals surface area contributed by atoms with Crippen LogP contribution in [-0.4, -0.2) is 21.9 Å². The van der Waals surface area contributed by atoms with Crippen LogP contribution in [0.5, 0.6) is 0 Å². The molecule has 0 spiro atoms. The van der Waals surface area contributed by atoms with E-state index in [1.165, 1.54) is 48.6 Å². The number of Topliss-reactive ketones (excluding diaryl/α,β-unsaturated/α-hetero) is 1. The lowest BCUT2D eigenvalue weighted by molar-refractivity contribution is -0.119. The van der Waals surface area contributed by atoms with Gasteiger partial charge in [-0.15, -0.1) is 11.8 Å². The van der Waals surface area contributed by atoms with Crippen molar-refractivity contribution in [1.29, 1.82) is 0 Å². The molecule has 3 fully saturated rings. The van der Waals surface area contributed by atoms with Crippen molar-refractivity contribution in [2.75, 3.05) is 5.32 Å². The molecule has 3 aliphatic carbocycles. The number of nitrogens with zero attached hydrogens (tertiary/aromatic N) is 1. The molecular weight excluding hydrogens is 384 g/mol. The summed E-state index contributed by atoms with van der Waals surface area (Å²) in [6.45, 7) is 0. The quantitative estimate of drug-likeness (QED) is 0.640. The summed E-state index contributed by atoms with van der Waals surface area (Å²) in [6.07, 6.45) is 10.9. The largest absolute Gasteiger partial charge is 0.432 e. The molecule has 0 unspecified atom stereocenters. The lowest BCUT2D eigenvalue weighted by Crippen LogP contribution is -2.23. The number of nitrogens with one attached hydrogen (secondary N) is 1. The van der Waals surface area contributed by atoms with E-state index >= 15 is 0 Å². The first-order valence-corrected chi connectivity index (χ1v) is 11.6. The number of oxazole rings is 1. The van der Waals surface area contributed by atoms with Crippen LogP contribution in [0.4, 0.5) is 6.01 Å². The lowest BCUT2D eigenvalue weighted by Gasteiger charge is -2.21. The van der Waals surface area contributed by atoms with Gasteiger partial charge in [0, 0.05) is 23.0 Å². The molecule has 0 saturated heterocycles. The third kappa shape index (κ3) is 4.58. The van der Waals surface area contributed by atoms with E-state index in [1.807, 2.05) is 11.8 Å². The minimum absolute atomic E-state index is 0.101. The third-order valence-electron chi connectivity index (χ3n) is 6.17. The van der Waals surface area contributed by atoms with E-state index in [2.05, 4.69) is 28.5 Å². The average molecular weight is 411 g/mol. The van der Waals surface area contributed by atoms with Crippen molar-refractivity contribution in [2.45, 2.75) is 73.3 Å². The fourth-order valence-corrected chi connectivity index (χ4v) is 5.51. The molecule has 152 valence electrons. The number of ketones is 1. The van der Waals surface area contributed by atoms with Crippen molar-refractivity contribution in [3.63, 3.8) is 0 Å². The predicted octanol–water partition coefficient (Wildman–Crippen LogP) is 5.29. The summed E-state index contributed by atoms with van der Waals surface area (Å²) < 4.78 is 5.22. The number of hydrogen-bond donors (Lipinski definition) is 1. The van der Waals surface area contributed by atoms with Gasteiger partial charge in [-0.25, -0.2) is 4.98 Å². The van der Waals surface area contributed by atoms with Crippen molar-refractivity contribution < 1.29 is 14.0 Å². The van der Waals surface area contributed by atoms with Gasteiger partial charge in [0.15, 0.2) is 0 Å². The molecule has 29 heavy (non-hydrogen) atoms. The van der Waals surface area contributed by atoms with Crippen LogP contribution < -0.4 is 5.32 Å². The summed E-state index contributed by atoms with van der Waals surface area (Å²) in [7, 11) is 0. The Morgan fingerprint density at radius 2 is 2.10 bits per heavy atom. The van der Waals surface area contributed by atoms with E-state index in [0.29, 0.717) is 31.0 Å². The van der Waals surface area contributed by atoms with Crippen molar-refractivity contribution in [3.8, 4) is 0 Å². The van der Waals surface area contributed by atoms with Crippen molar-refractivity contribution in [2.24, 2.45) is 5.92 Å². The Kier molecular flexibility index (Phi) is 5.20. The molecule has 1 N–H and O–H groups in total. The number of carbonyl (C=O) groups is 2. The van der Waals surface area contributed by atoms with Gasteiger partial charge >= 0.3 is 6.01 Å². The summed E-state index contributed by atoms with van der Waals surface area (Å²) in [5, 5.41) is 3.59. The number of carbonyl (C=O) groups excluding carboxylic acids is 2. The Labute approximate surface area is 175 Å². The van der Waals surface area contributed by atoms with Crippen LogP contribution in [0.2, 0.25) is 0 Å². The molecule has 2 aromatic rings. The van der Waals surface area contributed by atoms with Gasteiger partial charge in [-0.3, -0.25) is 14.9 Å². The number of aromatic nitrogens is 1. The molecule has 1 amide bonds. The van der Waals surface area contributed by atoms with Crippen LogP contribution in [-0.2, 0) is 9.59 Å². The van der Waals surface area contributed by atoms with Gasteiger partial charge in [0.1, 0.15) is 12.0 Å². The summed E-state index contributed by atoms with van der Waals surface area (Å²) in [4.78, 5) is 30.3.